The van der Waals surface area contributed by atoms with Gasteiger partial charge in [0.2, 0.25) is 0 Å². The van der Waals surface area contributed by atoms with Crippen LogP contribution in [0, 0.1) is 17.7 Å². The second kappa shape index (κ2) is 5.13. The molecule has 0 spiro atoms. The van der Waals surface area contributed by atoms with E-state index in [1.807, 2.05) is 0 Å². The molecule has 1 heterocycles. The summed E-state index contributed by atoms with van der Waals surface area (Å²) in [5.74, 6) is 3.89. The van der Waals surface area contributed by atoms with Gasteiger partial charge in [-0.15, -0.1) is 0 Å². The maximum atomic E-state index is 13.2. The van der Waals surface area contributed by atoms with Crippen LogP contribution in [0.15, 0.2) is 18.2 Å². The predicted molar refractivity (Wildman–Crippen MR) is 73.9 cm³/mol. The molecule has 0 unspecified atom stereocenters. The molecule has 1 aromatic rings. The highest BCUT2D eigenvalue weighted by Gasteiger charge is 2.59. The lowest BCUT2D eigenvalue weighted by Crippen LogP contribution is -2.66. The summed E-state index contributed by atoms with van der Waals surface area (Å²) in [5, 5.41) is 8.69. The Kier molecular flexibility index (Phi) is 3.78. The first kappa shape index (κ1) is 15.5. The second-order valence-electron chi connectivity index (χ2n) is 5.09. The highest BCUT2D eigenvalue weighted by atomic mass is 32.2. The summed E-state index contributed by atoms with van der Waals surface area (Å²) < 4.78 is 36.6. The average molecular weight is 311 g/mol. The molecular weight excluding hydrogens is 297 g/mol. The number of nitrogens with zero attached hydrogens (tertiary/aromatic N) is 1. The maximum Gasteiger partial charge on any atom is 0.259 e. The van der Waals surface area contributed by atoms with E-state index in [0.29, 0.717) is 5.56 Å². The van der Waals surface area contributed by atoms with Gasteiger partial charge in [0.15, 0.2) is 4.75 Å². The molecule has 5 nitrogen and oxygen atoms in total. The Hall–Kier alpha value is -1.91. The van der Waals surface area contributed by atoms with Gasteiger partial charge in [-0.1, -0.05) is 17.9 Å². The van der Waals surface area contributed by atoms with E-state index in [9.17, 15) is 17.6 Å². The van der Waals surface area contributed by atoms with Crippen molar-refractivity contribution in [2.75, 3.05) is 6.61 Å². The van der Waals surface area contributed by atoms with Crippen molar-refractivity contribution in [2.45, 2.75) is 25.1 Å². The van der Waals surface area contributed by atoms with Crippen LogP contribution in [0.4, 0.5) is 4.39 Å². The lowest BCUT2D eigenvalue weighted by atomic mass is 10.1. The molecule has 2 rings (SSSR count). The Morgan fingerprint density at radius 1 is 1.38 bits per heavy atom. The fraction of sp³-hybridized carbons (Fsp3) is 0.357. The summed E-state index contributed by atoms with van der Waals surface area (Å²) in [7, 11) is -3.70. The van der Waals surface area contributed by atoms with E-state index in [1.54, 1.807) is 0 Å². The van der Waals surface area contributed by atoms with E-state index in [1.165, 1.54) is 26.0 Å². The Morgan fingerprint density at radius 2 is 2.05 bits per heavy atom. The highest BCUT2D eigenvalue weighted by Crippen LogP contribution is 2.36. The molecule has 1 N–H and O–H groups in total. The van der Waals surface area contributed by atoms with E-state index < -0.39 is 33.1 Å². The number of aliphatic hydroxyl groups excluding tert-OH is 1. The summed E-state index contributed by atoms with van der Waals surface area (Å²) in [6.07, 6.45) is 0. The minimum absolute atomic E-state index is 0.194. The zero-order chi connectivity index (χ0) is 15.8. The van der Waals surface area contributed by atoms with Gasteiger partial charge in [0.05, 0.1) is 6.54 Å². The molecule has 1 aliphatic rings. The first-order valence-electron chi connectivity index (χ1n) is 6.16. The number of rotatable bonds is 2. The van der Waals surface area contributed by atoms with Crippen LogP contribution in [0.1, 0.15) is 25.0 Å². The minimum atomic E-state index is -3.70. The van der Waals surface area contributed by atoms with Crippen molar-refractivity contribution < 1.29 is 22.7 Å². The average Bonchev–Trinajstić information content (AvgIpc) is 2.42. The summed E-state index contributed by atoms with van der Waals surface area (Å²) >= 11 is 0. The number of sulfonamides is 1. The molecule has 0 aromatic heterocycles. The number of carbonyl (C=O) groups is 1. The predicted octanol–water partition coefficient (Wildman–Crippen LogP) is 0.620. The largest absolute Gasteiger partial charge is 0.384 e. The molecule has 21 heavy (non-hydrogen) atoms. The number of benzene rings is 1. The molecule has 0 saturated carbocycles. The van der Waals surface area contributed by atoms with Gasteiger partial charge < -0.3 is 5.11 Å². The van der Waals surface area contributed by atoms with Gasteiger partial charge in [-0.3, -0.25) is 4.79 Å². The lowest BCUT2D eigenvalue weighted by Gasteiger charge is -2.43. The van der Waals surface area contributed by atoms with Gasteiger partial charge in [-0.2, -0.15) is 0 Å². The van der Waals surface area contributed by atoms with Crippen molar-refractivity contribution in [1.29, 1.82) is 0 Å². The second-order valence-corrected chi connectivity index (χ2v) is 7.50. The van der Waals surface area contributed by atoms with Crippen molar-refractivity contribution in [2.24, 2.45) is 0 Å². The molecule has 0 bridgehead atoms. The Bertz CT molecular complexity index is 759. The van der Waals surface area contributed by atoms with Gasteiger partial charge in [0, 0.05) is 5.56 Å². The standard InChI is InChI=1S/C14H14FNO4S/c1-14(2)13(18)16(21(14,19)20)9-11-5-6-12(15)8-10(11)4-3-7-17/h5-6,8,17H,7,9H2,1-2H3. The molecule has 1 aromatic carbocycles. The van der Waals surface area contributed by atoms with Crippen LogP contribution in [-0.2, 0) is 21.4 Å². The van der Waals surface area contributed by atoms with Gasteiger partial charge >= 0.3 is 0 Å². The third-order valence-electron chi connectivity index (χ3n) is 3.36. The lowest BCUT2D eigenvalue weighted by molar-refractivity contribution is -0.132. The fourth-order valence-electron chi connectivity index (χ4n) is 2.01. The molecule has 7 heteroatoms. The number of halogens is 1. The molecule has 0 atom stereocenters. The highest BCUT2D eigenvalue weighted by molar-refractivity contribution is 7.94. The van der Waals surface area contributed by atoms with Gasteiger partial charge in [0.25, 0.3) is 15.9 Å². The molecule has 1 fully saturated rings. The Morgan fingerprint density at radius 3 is 2.62 bits per heavy atom. The Labute approximate surface area is 122 Å². The molecule has 1 amide bonds. The number of aliphatic hydroxyl groups is 1. The van der Waals surface area contributed by atoms with E-state index >= 15 is 0 Å². The van der Waals surface area contributed by atoms with Crippen molar-refractivity contribution >= 4 is 15.9 Å². The third-order valence-corrected chi connectivity index (χ3v) is 5.70. The van der Waals surface area contributed by atoms with E-state index in [-0.39, 0.29) is 12.1 Å². The topological polar surface area (TPSA) is 74.7 Å². The normalized spacial score (nSPS) is 18.7. The van der Waals surface area contributed by atoms with Crippen molar-refractivity contribution in [3.63, 3.8) is 0 Å². The van der Waals surface area contributed by atoms with Crippen LogP contribution in [0.25, 0.3) is 0 Å². The summed E-state index contributed by atoms with van der Waals surface area (Å²) in [5.41, 5.74) is 0.654. The molecule has 1 saturated heterocycles. The zero-order valence-corrected chi connectivity index (χ0v) is 12.4. The van der Waals surface area contributed by atoms with Crippen molar-refractivity contribution in [1.82, 2.24) is 4.31 Å². The summed E-state index contributed by atoms with van der Waals surface area (Å²) in [6, 6.07) is 3.69. The first-order valence-corrected chi connectivity index (χ1v) is 7.60. The van der Waals surface area contributed by atoms with Crippen LogP contribution in [0.5, 0.6) is 0 Å². The van der Waals surface area contributed by atoms with Crippen molar-refractivity contribution in [3.8, 4) is 11.8 Å². The van der Waals surface area contributed by atoms with Crippen LogP contribution < -0.4 is 0 Å². The van der Waals surface area contributed by atoms with E-state index in [4.69, 9.17) is 5.11 Å². The quantitative estimate of drug-likeness (QED) is 0.813. The molecule has 0 radical (unpaired) electrons. The molecule has 0 aliphatic carbocycles. The molecule has 112 valence electrons. The Balaban J connectivity index is 2.36. The van der Waals surface area contributed by atoms with Gasteiger partial charge in [0.1, 0.15) is 12.4 Å². The molecular formula is C14H14FNO4S. The number of carbonyl (C=O) groups excluding carboxylic acids is 1. The monoisotopic (exact) mass is 311 g/mol. The number of hydrogen-bond donors (Lipinski definition) is 1. The van der Waals surface area contributed by atoms with Crippen LogP contribution in [-0.4, -0.2) is 35.1 Å². The van der Waals surface area contributed by atoms with E-state index in [2.05, 4.69) is 11.8 Å². The van der Waals surface area contributed by atoms with Gasteiger partial charge in [-0.05, 0) is 31.5 Å². The first-order chi connectivity index (χ1) is 9.71. The van der Waals surface area contributed by atoms with Crippen LogP contribution >= 0.6 is 0 Å². The van der Waals surface area contributed by atoms with Gasteiger partial charge in [-0.25, -0.2) is 17.1 Å². The number of hydrogen-bond acceptors (Lipinski definition) is 4. The summed E-state index contributed by atoms with van der Waals surface area (Å²) in [4.78, 5) is 11.9. The van der Waals surface area contributed by atoms with Crippen molar-refractivity contribution in [3.05, 3.63) is 35.1 Å². The maximum absolute atomic E-state index is 13.2. The third kappa shape index (κ3) is 2.41. The van der Waals surface area contributed by atoms with E-state index in [0.717, 1.165) is 10.4 Å². The van der Waals surface area contributed by atoms with Crippen LogP contribution in [0.3, 0.4) is 0 Å². The molecule has 1 aliphatic heterocycles. The fourth-order valence-corrected chi connectivity index (χ4v) is 3.51. The SMILES string of the molecule is CC1(C)C(=O)N(Cc2ccc(F)cc2C#CCO)S1(=O)=O. The van der Waals surface area contributed by atoms with Crippen LogP contribution in [0.2, 0.25) is 0 Å². The zero-order valence-electron chi connectivity index (χ0n) is 11.6. The number of amides is 1. The minimum Gasteiger partial charge on any atom is -0.384 e. The smallest absolute Gasteiger partial charge is 0.259 e. The summed E-state index contributed by atoms with van der Waals surface area (Å²) in [6.45, 7) is 2.10.